The maximum absolute atomic E-state index is 12.4. The van der Waals surface area contributed by atoms with E-state index in [1.807, 2.05) is 0 Å². The van der Waals surface area contributed by atoms with Crippen molar-refractivity contribution in [3.63, 3.8) is 0 Å². The standard InChI is InChI=1S/C20H20N2O2/c1-12-6-9-17-16(10-12)14-8-7-13(11-18(14)22-17)21-20(24)15-4-2-3-5-19(15)23/h2-6,9-10,13,22-23H,7-8,11H2,1H3,(H,21,24). The van der Waals surface area contributed by atoms with Gasteiger partial charge in [-0.3, -0.25) is 4.79 Å². The molecule has 4 nitrogen and oxygen atoms in total. The Morgan fingerprint density at radius 3 is 2.92 bits per heavy atom. The van der Waals surface area contributed by atoms with Crippen LogP contribution in [0.15, 0.2) is 42.5 Å². The molecule has 1 aliphatic carbocycles. The number of H-pyrrole nitrogens is 1. The molecule has 0 fully saturated rings. The molecule has 1 aliphatic rings. The number of carbonyl (C=O) groups is 1. The maximum atomic E-state index is 12.4. The van der Waals surface area contributed by atoms with Crippen LogP contribution >= 0.6 is 0 Å². The zero-order chi connectivity index (χ0) is 16.7. The first-order valence-electron chi connectivity index (χ1n) is 8.31. The molecular weight excluding hydrogens is 300 g/mol. The molecule has 0 spiro atoms. The number of aromatic hydroxyl groups is 1. The van der Waals surface area contributed by atoms with Gasteiger partial charge in [0.25, 0.3) is 5.91 Å². The van der Waals surface area contributed by atoms with Gasteiger partial charge >= 0.3 is 0 Å². The number of aryl methyl sites for hydroxylation is 2. The Kier molecular flexibility index (Phi) is 3.53. The average molecular weight is 320 g/mol. The number of phenols is 1. The van der Waals surface area contributed by atoms with Crippen molar-refractivity contribution in [3.8, 4) is 5.75 Å². The summed E-state index contributed by atoms with van der Waals surface area (Å²) < 4.78 is 0. The van der Waals surface area contributed by atoms with Crippen LogP contribution in [0.1, 0.15) is 33.6 Å². The van der Waals surface area contributed by atoms with Crippen LogP contribution in [0, 0.1) is 6.92 Å². The van der Waals surface area contributed by atoms with Crippen molar-refractivity contribution in [2.45, 2.75) is 32.2 Å². The Morgan fingerprint density at radius 2 is 2.08 bits per heavy atom. The number of benzene rings is 2. The van der Waals surface area contributed by atoms with Crippen molar-refractivity contribution >= 4 is 16.8 Å². The minimum absolute atomic E-state index is 0.0209. The Balaban J connectivity index is 1.55. The molecule has 1 heterocycles. The van der Waals surface area contributed by atoms with Gasteiger partial charge in [-0.15, -0.1) is 0 Å². The first-order chi connectivity index (χ1) is 11.6. The van der Waals surface area contributed by atoms with Gasteiger partial charge in [0.15, 0.2) is 0 Å². The van der Waals surface area contributed by atoms with Gasteiger partial charge < -0.3 is 15.4 Å². The van der Waals surface area contributed by atoms with Gasteiger partial charge in [-0.05, 0) is 49.6 Å². The largest absolute Gasteiger partial charge is 0.507 e. The van der Waals surface area contributed by atoms with Gasteiger partial charge in [-0.25, -0.2) is 0 Å². The van der Waals surface area contributed by atoms with Crippen LogP contribution in [0.3, 0.4) is 0 Å². The third kappa shape index (κ3) is 2.54. The maximum Gasteiger partial charge on any atom is 0.255 e. The molecule has 2 aromatic carbocycles. The molecule has 1 amide bonds. The first kappa shape index (κ1) is 14.8. The molecule has 3 aromatic rings. The Bertz CT molecular complexity index is 927. The van der Waals surface area contributed by atoms with Gasteiger partial charge in [0, 0.05) is 29.1 Å². The van der Waals surface area contributed by atoms with Gasteiger partial charge in [-0.1, -0.05) is 23.8 Å². The van der Waals surface area contributed by atoms with Crippen LogP contribution in [-0.4, -0.2) is 22.0 Å². The van der Waals surface area contributed by atoms with Crippen LogP contribution < -0.4 is 5.32 Å². The van der Waals surface area contributed by atoms with Crippen LogP contribution in [0.25, 0.3) is 10.9 Å². The number of hydrogen-bond acceptors (Lipinski definition) is 2. The number of hydrogen-bond donors (Lipinski definition) is 3. The monoisotopic (exact) mass is 320 g/mol. The molecule has 4 heteroatoms. The molecule has 1 unspecified atom stereocenters. The number of aromatic amines is 1. The van der Waals surface area contributed by atoms with Crippen LogP contribution in [0.2, 0.25) is 0 Å². The van der Waals surface area contributed by atoms with E-state index in [-0.39, 0.29) is 17.7 Å². The number of fused-ring (bicyclic) bond motifs is 3. The highest BCUT2D eigenvalue weighted by atomic mass is 16.3. The molecule has 3 N–H and O–H groups in total. The first-order valence-corrected chi connectivity index (χ1v) is 8.31. The van der Waals surface area contributed by atoms with E-state index in [2.05, 4.69) is 35.4 Å². The van der Waals surface area contributed by atoms with Crippen molar-refractivity contribution in [3.05, 3.63) is 64.8 Å². The molecule has 4 rings (SSSR count). The van der Waals surface area contributed by atoms with E-state index < -0.39 is 0 Å². The van der Waals surface area contributed by atoms with E-state index in [9.17, 15) is 9.90 Å². The predicted octanol–water partition coefficient (Wildman–Crippen LogP) is 3.47. The normalized spacial score (nSPS) is 16.8. The fraction of sp³-hybridized carbons (Fsp3) is 0.250. The molecule has 24 heavy (non-hydrogen) atoms. The lowest BCUT2D eigenvalue weighted by molar-refractivity contribution is 0.0931. The van der Waals surface area contributed by atoms with Crippen molar-refractivity contribution in [1.82, 2.24) is 10.3 Å². The number of amides is 1. The minimum Gasteiger partial charge on any atom is -0.507 e. The lowest BCUT2D eigenvalue weighted by atomic mass is 9.91. The number of nitrogens with one attached hydrogen (secondary N) is 2. The molecule has 0 bridgehead atoms. The molecule has 1 atom stereocenters. The highest BCUT2D eigenvalue weighted by Gasteiger charge is 2.24. The van der Waals surface area contributed by atoms with Gasteiger partial charge in [0.1, 0.15) is 5.75 Å². The Morgan fingerprint density at radius 1 is 1.25 bits per heavy atom. The second-order valence-corrected chi connectivity index (χ2v) is 6.56. The molecule has 0 saturated carbocycles. The quantitative estimate of drug-likeness (QED) is 0.677. The summed E-state index contributed by atoms with van der Waals surface area (Å²) in [5.74, 6) is -0.193. The summed E-state index contributed by atoms with van der Waals surface area (Å²) in [4.78, 5) is 15.9. The summed E-state index contributed by atoms with van der Waals surface area (Å²) in [6.07, 6.45) is 2.65. The molecule has 122 valence electrons. The van der Waals surface area contributed by atoms with Crippen molar-refractivity contribution in [2.75, 3.05) is 0 Å². The fourth-order valence-electron chi connectivity index (χ4n) is 3.60. The summed E-state index contributed by atoms with van der Waals surface area (Å²) >= 11 is 0. The van der Waals surface area contributed by atoms with Gasteiger partial charge in [0.05, 0.1) is 5.56 Å². The van der Waals surface area contributed by atoms with E-state index in [1.54, 1.807) is 18.2 Å². The van der Waals surface area contributed by atoms with E-state index >= 15 is 0 Å². The highest BCUT2D eigenvalue weighted by Crippen LogP contribution is 2.30. The van der Waals surface area contributed by atoms with E-state index in [1.165, 1.54) is 33.8 Å². The zero-order valence-electron chi connectivity index (χ0n) is 13.6. The average Bonchev–Trinajstić information content (AvgIpc) is 2.92. The summed E-state index contributed by atoms with van der Waals surface area (Å²) in [5, 5.41) is 14.2. The van der Waals surface area contributed by atoms with Gasteiger partial charge in [0.2, 0.25) is 0 Å². The molecular formula is C20H20N2O2. The Labute approximate surface area is 140 Å². The molecule has 0 radical (unpaired) electrons. The third-order valence-electron chi connectivity index (χ3n) is 4.83. The SMILES string of the molecule is Cc1ccc2[nH]c3c(c2c1)CCC(NC(=O)c1ccccc1O)C3. The van der Waals surface area contributed by atoms with Crippen molar-refractivity contribution < 1.29 is 9.90 Å². The van der Waals surface area contributed by atoms with Crippen LogP contribution in [0.5, 0.6) is 5.75 Å². The molecule has 0 saturated heterocycles. The third-order valence-corrected chi connectivity index (χ3v) is 4.83. The topological polar surface area (TPSA) is 65.1 Å². The molecule has 0 aliphatic heterocycles. The second-order valence-electron chi connectivity index (χ2n) is 6.56. The fourth-order valence-corrected chi connectivity index (χ4v) is 3.60. The van der Waals surface area contributed by atoms with Crippen molar-refractivity contribution in [1.29, 1.82) is 0 Å². The number of rotatable bonds is 2. The van der Waals surface area contributed by atoms with Crippen molar-refractivity contribution in [2.24, 2.45) is 0 Å². The number of phenolic OH excluding ortho intramolecular Hbond substituents is 1. The summed E-state index contributed by atoms with van der Waals surface area (Å²) in [7, 11) is 0. The summed E-state index contributed by atoms with van der Waals surface area (Å²) in [5.41, 5.74) is 5.35. The Hall–Kier alpha value is -2.75. The summed E-state index contributed by atoms with van der Waals surface area (Å²) in [6, 6.07) is 13.2. The smallest absolute Gasteiger partial charge is 0.255 e. The van der Waals surface area contributed by atoms with E-state index in [0.717, 1.165) is 19.3 Å². The zero-order valence-corrected chi connectivity index (χ0v) is 13.6. The van der Waals surface area contributed by atoms with E-state index in [0.29, 0.717) is 5.56 Å². The lowest BCUT2D eigenvalue weighted by Crippen LogP contribution is -2.38. The molecule has 1 aromatic heterocycles. The second kappa shape index (κ2) is 5.71. The highest BCUT2D eigenvalue weighted by molar-refractivity contribution is 5.97. The number of carbonyl (C=O) groups excluding carboxylic acids is 1. The number of aromatic nitrogens is 1. The number of para-hydroxylation sites is 1. The van der Waals surface area contributed by atoms with Crippen LogP contribution in [0.4, 0.5) is 0 Å². The van der Waals surface area contributed by atoms with Gasteiger partial charge in [-0.2, -0.15) is 0 Å². The summed E-state index contributed by atoms with van der Waals surface area (Å²) in [6.45, 7) is 2.11. The lowest BCUT2D eigenvalue weighted by Gasteiger charge is -2.23. The van der Waals surface area contributed by atoms with Crippen LogP contribution in [-0.2, 0) is 12.8 Å². The van der Waals surface area contributed by atoms with E-state index in [4.69, 9.17) is 0 Å². The minimum atomic E-state index is -0.214. The predicted molar refractivity (Wildman–Crippen MR) is 94.4 cm³/mol.